The topological polar surface area (TPSA) is 95.9 Å². The number of hydrogen-bond donors (Lipinski definition) is 2. The van der Waals surface area contributed by atoms with E-state index in [1.54, 1.807) is 47.9 Å². The third kappa shape index (κ3) is 3.59. The molecule has 7 nitrogen and oxygen atoms in total. The number of anilines is 1. The number of carbonyl (C=O) groups excluding carboxylic acids is 1. The molecule has 0 fully saturated rings. The molecule has 2 aromatic rings. The van der Waals surface area contributed by atoms with Crippen LogP contribution in [0.15, 0.2) is 47.4 Å². The monoisotopic (exact) mass is 362 g/mol. The molecule has 0 saturated heterocycles. The molecule has 0 spiro atoms. The van der Waals surface area contributed by atoms with E-state index in [-0.39, 0.29) is 10.5 Å². The Morgan fingerprint density at radius 3 is 2.76 bits per heavy atom. The average Bonchev–Trinajstić information content (AvgIpc) is 2.60. The summed E-state index contributed by atoms with van der Waals surface area (Å²) in [7, 11) is -3.34. The van der Waals surface area contributed by atoms with Crippen LogP contribution in [0.1, 0.15) is 15.9 Å². The highest BCUT2D eigenvalue weighted by Gasteiger charge is 2.22. The minimum absolute atomic E-state index is 0.285. The molecule has 1 heterocycles. The SMILES string of the molecule is CS(=O)(=O)c1ccccc1CN1CCOc2ccc(C(=O)NO)cc21. The highest BCUT2D eigenvalue weighted by molar-refractivity contribution is 7.90. The molecule has 0 aromatic heterocycles. The largest absolute Gasteiger partial charge is 0.490 e. The summed E-state index contributed by atoms with van der Waals surface area (Å²) in [6.45, 7) is 1.37. The first kappa shape index (κ1) is 17.2. The van der Waals surface area contributed by atoms with E-state index in [1.165, 1.54) is 6.26 Å². The van der Waals surface area contributed by atoms with Gasteiger partial charge in [0.2, 0.25) is 0 Å². The Labute approximate surface area is 145 Å². The minimum Gasteiger partial charge on any atom is -0.490 e. The number of hydroxylamine groups is 1. The maximum absolute atomic E-state index is 12.0. The molecule has 1 amide bonds. The summed E-state index contributed by atoms with van der Waals surface area (Å²) in [5.74, 6) is -0.0116. The molecule has 0 atom stereocenters. The van der Waals surface area contributed by atoms with Crippen molar-refractivity contribution in [2.75, 3.05) is 24.3 Å². The van der Waals surface area contributed by atoms with Gasteiger partial charge < -0.3 is 9.64 Å². The number of ether oxygens (including phenoxy) is 1. The predicted octanol–water partition coefficient (Wildman–Crippen LogP) is 1.61. The molecule has 3 rings (SSSR count). The van der Waals surface area contributed by atoms with Crippen molar-refractivity contribution >= 4 is 21.4 Å². The second-order valence-electron chi connectivity index (χ2n) is 5.77. The van der Waals surface area contributed by atoms with E-state index in [9.17, 15) is 13.2 Å². The molecular formula is C17H18N2O5S. The molecule has 132 valence electrons. The van der Waals surface area contributed by atoms with Crippen molar-refractivity contribution in [3.63, 3.8) is 0 Å². The number of nitrogens with one attached hydrogen (secondary N) is 1. The predicted molar refractivity (Wildman–Crippen MR) is 91.8 cm³/mol. The van der Waals surface area contributed by atoms with Crippen molar-refractivity contribution in [2.24, 2.45) is 0 Å². The van der Waals surface area contributed by atoms with Crippen LogP contribution in [0, 0.1) is 0 Å². The van der Waals surface area contributed by atoms with Crippen LogP contribution in [0.25, 0.3) is 0 Å². The van der Waals surface area contributed by atoms with Gasteiger partial charge in [-0.1, -0.05) is 18.2 Å². The van der Waals surface area contributed by atoms with E-state index < -0.39 is 15.7 Å². The third-order valence-corrected chi connectivity index (χ3v) is 5.21. The van der Waals surface area contributed by atoms with Crippen LogP contribution in [0.4, 0.5) is 5.69 Å². The first-order valence-electron chi connectivity index (χ1n) is 7.64. The van der Waals surface area contributed by atoms with Gasteiger partial charge in [-0.05, 0) is 29.8 Å². The van der Waals surface area contributed by atoms with Crippen molar-refractivity contribution in [2.45, 2.75) is 11.4 Å². The highest BCUT2D eigenvalue weighted by Crippen LogP contribution is 2.34. The lowest BCUT2D eigenvalue weighted by Gasteiger charge is -2.32. The van der Waals surface area contributed by atoms with Crippen LogP contribution >= 0.6 is 0 Å². The van der Waals surface area contributed by atoms with Crippen LogP contribution in [0.2, 0.25) is 0 Å². The fraction of sp³-hybridized carbons (Fsp3) is 0.235. The quantitative estimate of drug-likeness (QED) is 0.634. The van der Waals surface area contributed by atoms with Crippen molar-refractivity contribution in [1.82, 2.24) is 5.48 Å². The van der Waals surface area contributed by atoms with Crippen LogP contribution in [-0.2, 0) is 16.4 Å². The molecule has 0 bridgehead atoms. The van der Waals surface area contributed by atoms with Crippen LogP contribution in [-0.4, -0.2) is 38.9 Å². The van der Waals surface area contributed by atoms with Gasteiger partial charge in [-0.25, -0.2) is 13.9 Å². The number of rotatable bonds is 4. The van der Waals surface area contributed by atoms with E-state index in [0.29, 0.717) is 36.7 Å². The van der Waals surface area contributed by atoms with Crippen LogP contribution in [0.5, 0.6) is 5.75 Å². The zero-order valence-corrected chi connectivity index (χ0v) is 14.4. The second-order valence-corrected chi connectivity index (χ2v) is 7.76. The van der Waals surface area contributed by atoms with E-state index in [2.05, 4.69) is 0 Å². The van der Waals surface area contributed by atoms with Crippen molar-refractivity contribution in [3.05, 3.63) is 53.6 Å². The Hall–Kier alpha value is -2.58. The Balaban J connectivity index is 1.98. The van der Waals surface area contributed by atoms with E-state index in [1.807, 2.05) is 4.90 Å². The fourth-order valence-electron chi connectivity index (χ4n) is 2.84. The van der Waals surface area contributed by atoms with Gasteiger partial charge in [-0.15, -0.1) is 0 Å². The first-order chi connectivity index (χ1) is 11.9. The molecule has 0 radical (unpaired) electrons. The lowest BCUT2D eigenvalue weighted by Crippen LogP contribution is -2.33. The Morgan fingerprint density at radius 2 is 2.04 bits per heavy atom. The van der Waals surface area contributed by atoms with Gasteiger partial charge in [-0.3, -0.25) is 10.0 Å². The molecule has 1 aliphatic heterocycles. The lowest BCUT2D eigenvalue weighted by molar-refractivity contribution is 0.0706. The smallest absolute Gasteiger partial charge is 0.274 e. The second kappa shape index (κ2) is 6.73. The summed E-state index contributed by atoms with van der Waals surface area (Å²) in [6, 6.07) is 11.7. The summed E-state index contributed by atoms with van der Waals surface area (Å²) in [5.41, 5.74) is 3.24. The zero-order valence-electron chi connectivity index (χ0n) is 13.6. The van der Waals surface area contributed by atoms with Gasteiger partial charge in [-0.2, -0.15) is 0 Å². The van der Waals surface area contributed by atoms with Crippen LogP contribution in [0.3, 0.4) is 0 Å². The Kier molecular flexibility index (Phi) is 4.65. The summed E-state index contributed by atoms with van der Waals surface area (Å²) in [5, 5.41) is 8.81. The fourth-order valence-corrected chi connectivity index (χ4v) is 3.78. The summed E-state index contributed by atoms with van der Waals surface area (Å²) < 4.78 is 29.6. The number of hydrogen-bond acceptors (Lipinski definition) is 6. The van der Waals surface area contributed by atoms with E-state index in [4.69, 9.17) is 9.94 Å². The van der Waals surface area contributed by atoms with Gasteiger partial charge >= 0.3 is 0 Å². The van der Waals surface area contributed by atoms with Gasteiger partial charge in [0, 0.05) is 18.4 Å². The molecular weight excluding hydrogens is 344 g/mol. The first-order valence-corrected chi connectivity index (χ1v) is 9.53. The Bertz CT molecular complexity index is 911. The maximum Gasteiger partial charge on any atom is 0.274 e. The third-order valence-electron chi connectivity index (χ3n) is 4.02. The molecule has 25 heavy (non-hydrogen) atoms. The van der Waals surface area contributed by atoms with Crippen molar-refractivity contribution < 1.29 is 23.2 Å². The van der Waals surface area contributed by atoms with E-state index in [0.717, 1.165) is 0 Å². The zero-order chi connectivity index (χ0) is 18.0. The van der Waals surface area contributed by atoms with Gasteiger partial charge in [0.1, 0.15) is 12.4 Å². The highest BCUT2D eigenvalue weighted by atomic mass is 32.2. The number of nitrogens with zero attached hydrogens (tertiary/aromatic N) is 1. The summed E-state index contributed by atoms with van der Waals surface area (Å²) >= 11 is 0. The van der Waals surface area contributed by atoms with Crippen molar-refractivity contribution in [3.8, 4) is 5.75 Å². The lowest BCUT2D eigenvalue weighted by atomic mass is 10.1. The van der Waals surface area contributed by atoms with Gasteiger partial charge in [0.05, 0.1) is 17.1 Å². The molecule has 0 saturated carbocycles. The molecule has 2 N–H and O–H groups in total. The molecule has 0 aliphatic carbocycles. The molecule has 1 aliphatic rings. The van der Waals surface area contributed by atoms with Crippen LogP contribution < -0.4 is 15.1 Å². The molecule has 0 unspecified atom stereocenters. The maximum atomic E-state index is 12.0. The normalized spacial score (nSPS) is 13.8. The number of carbonyl (C=O) groups is 1. The molecule has 2 aromatic carbocycles. The standard InChI is InChI=1S/C17H18N2O5S/c1-25(22,23)16-5-3-2-4-13(16)11-19-8-9-24-15-7-6-12(10-14(15)19)17(20)18-21/h2-7,10,21H,8-9,11H2,1H3,(H,18,20). The van der Waals surface area contributed by atoms with Gasteiger partial charge in [0.25, 0.3) is 5.91 Å². The van der Waals surface area contributed by atoms with E-state index >= 15 is 0 Å². The summed E-state index contributed by atoms with van der Waals surface area (Å²) in [6.07, 6.45) is 1.18. The number of fused-ring (bicyclic) bond motifs is 1. The summed E-state index contributed by atoms with van der Waals surface area (Å²) in [4.78, 5) is 13.9. The Morgan fingerprint density at radius 1 is 1.28 bits per heavy atom. The van der Waals surface area contributed by atoms with Crippen molar-refractivity contribution in [1.29, 1.82) is 0 Å². The average molecular weight is 362 g/mol. The van der Waals surface area contributed by atoms with Gasteiger partial charge in [0.15, 0.2) is 9.84 Å². The number of benzene rings is 2. The number of amides is 1. The minimum atomic E-state index is -3.34. The number of sulfone groups is 1. The molecule has 8 heteroatoms.